The zero-order valence-corrected chi connectivity index (χ0v) is 18.9. The van der Waals surface area contributed by atoms with E-state index in [2.05, 4.69) is 40.1 Å². The molecule has 0 heterocycles. The number of alkyl carbamates (subject to hydrolysis) is 1. The zero-order chi connectivity index (χ0) is 24.0. The van der Waals surface area contributed by atoms with E-state index in [-0.39, 0.29) is 12.5 Å². The quantitative estimate of drug-likeness (QED) is 0.126. The lowest BCUT2D eigenvalue weighted by atomic mass is 9.87. The number of rotatable bonds is 10. The molecular weight excluding hydrogens is 410 g/mol. The number of esters is 1. The molecule has 32 heavy (non-hydrogen) atoms. The van der Waals surface area contributed by atoms with Gasteiger partial charge >= 0.3 is 12.1 Å². The Labute approximate surface area is 189 Å². The van der Waals surface area contributed by atoms with E-state index in [9.17, 15) is 9.59 Å². The first-order chi connectivity index (χ1) is 15.2. The molecule has 0 saturated heterocycles. The lowest BCUT2D eigenvalue weighted by molar-refractivity contribution is -0.145. The third kappa shape index (κ3) is 10.5. The standard InChI is InChI=1S/C23H31N5O4/c1-17(11-12-23(3,4)27-28-25)16-32-22(30)26-20(21(29)31-14-13-24)15-19-10-8-6-5-7-9-18(19)2/h6,8-9,11-12,19-20H,1,5,7,10,14-16H2,2-4H3,(H,26,30)/b8-6-,12-11-,18-9?. The Morgan fingerprint density at radius 2 is 2.19 bits per heavy atom. The fourth-order valence-electron chi connectivity index (χ4n) is 2.98. The maximum Gasteiger partial charge on any atom is 0.408 e. The number of carbonyl (C=O) groups is 2. The van der Waals surface area contributed by atoms with Gasteiger partial charge in [0.2, 0.25) is 0 Å². The van der Waals surface area contributed by atoms with Crippen molar-refractivity contribution in [1.82, 2.24) is 5.32 Å². The Hall–Kier alpha value is -3.50. The summed E-state index contributed by atoms with van der Waals surface area (Å²) in [5.41, 5.74) is 9.43. The maximum atomic E-state index is 12.4. The summed E-state index contributed by atoms with van der Waals surface area (Å²) in [6.45, 7) is 8.75. The minimum absolute atomic E-state index is 0.0484. The van der Waals surface area contributed by atoms with Crippen molar-refractivity contribution in [2.24, 2.45) is 11.0 Å². The third-order valence-electron chi connectivity index (χ3n) is 4.82. The lowest BCUT2D eigenvalue weighted by Gasteiger charge is -2.24. The first kappa shape index (κ1) is 26.5. The Morgan fingerprint density at radius 3 is 2.88 bits per heavy atom. The summed E-state index contributed by atoms with van der Waals surface area (Å²) in [7, 11) is 0. The summed E-state index contributed by atoms with van der Waals surface area (Å²) in [4.78, 5) is 27.5. The van der Waals surface area contributed by atoms with Crippen molar-refractivity contribution in [3.8, 4) is 6.07 Å². The van der Waals surface area contributed by atoms with Gasteiger partial charge in [-0.1, -0.05) is 61.5 Å². The largest absolute Gasteiger partial charge is 0.449 e. The number of hydrogen-bond acceptors (Lipinski definition) is 6. The molecule has 0 aromatic heterocycles. The fraction of sp³-hybridized carbons (Fsp3) is 0.522. The summed E-state index contributed by atoms with van der Waals surface area (Å²) in [6.07, 6.45) is 11.7. The van der Waals surface area contributed by atoms with Crippen LogP contribution < -0.4 is 5.32 Å². The topological polar surface area (TPSA) is 137 Å². The molecule has 0 aromatic rings. The van der Waals surface area contributed by atoms with E-state index in [1.807, 2.05) is 6.92 Å². The highest BCUT2D eigenvalue weighted by Gasteiger charge is 2.27. The van der Waals surface area contributed by atoms with Gasteiger partial charge in [0.1, 0.15) is 18.7 Å². The first-order valence-electron chi connectivity index (χ1n) is 10.4. The highest BCUT2D eigenvalue weighted by atomic mass is 16.6. The van der Waals surface area contributed by atoms with E-state index >= 15 is 0 Å². The summed E-state index contributed by atoms with van der Waals surface area (Å²) in [5.74, 6) is -0.635. The average molecular weight is 442 g/mol. The number of amides is 1. The molecule has 172 valence electrons. The number of nitrogens with one attached hydrogen (secondary N) is 1. The van der Waals surface area contributed by atoms with Crippen LogP contribution in [0.25, 0.3) is 10.4 Å². The second-order valence-corrected chi connectivity index (χ2v) is 8.04. The normalized spacial score (nSPS) is 18.1. The van der Waals surface area contributed by atoms with Crippen LogP contribution >= 0.6 is 0 Å². The van der Waals surface area contributed by atoms with Gasteiger partial charge in [-0.15, -0.1) is 0 Å². The first-order valence-corrected chi connectivity index (χ1v) is 10.4. The van der Waals surface area contributed by atoms with Gasteiger partial charge in [-0.3, -0.25) is 0 Å². The average Bonchev–Trinajstić information content (AvgIpc) is 2.73. The number of nitriles is 1. The molecule has 1 aliphatic carbocycles. The summed E-state index contributed by atoms with van der Waals surface area (Å²) in [5, 5.41) is 14.9. The number of ether oxygens (including phenoxy) is 2. The summed E-state index contributed by atoms with van der Waals surface area (Å²) < 4.78 is 10.1. The third-order valence-corrected chi connectivity index (χ3v) is 4.82. The molecule has 1 rings (SSSR count). The van der Waals surface area contributed by atoms with Gasteiger partial charge in [-0.25, -0.2) is 9.59 Å². The molecule has 2 atom stereocenters. The summed E-state index contributed by atoms with van der Waals surface area (Å²) in [6, 6.07) is 0.800. The van der Waals surface area contributed by atoms with E-state index in [1.54, 1.807) is 32.1 Å². The molecule has 2 unspecified atom stereocenters. The molecule has 0 aromatic carbocycles. The van der Waals surface area contributed by atoms with Crippen LogP contribution in [0.1, 0.15) is 46.5 Å². The van der Waals surface area contributed by atoms with Crippen molar-refractivity contribution < 1.29 is 19.1 Å². The van der Waals surface area contributed by atoms with Crippen molar-refractivity contribution in [2.45, 2.75) is 58.0 Å². The monoisotopic (exact) mass is 441 g/mol. The summed E-state index contributed by atoms with van der Waals surface area (Å²) >= 11 is 0. The van der Waals surface area contributed by atoms with E-state index < -0.39 is 30.3 Å². The molecule has 0 aliphatic heterocycles. The number of carbonyl (C=O) groups excluding carboxylic acids is 2. The molecule has 0 bridgehead atoms. The number of allylic oxidation sites excluding steroid dienone is 4. The molecule has 0 saturated carbocycles. The van der Waals surface area contributed by atoms with Crippen molar-refractivity contribution in [1.29, 1.82) is 5.26 Å². The Morgan fingerprint density at radius 1 is 1.44 bits per heavy atom. The molecule has 1 N–H and O–H groups in total. The second kappa shape index (κ2) is 13.7. The van der Waals surface area contributed by atoms with Crippen LogP contribution in [-0.4, -0.2) is 36.9 Å². The number of nitrogens with zero attached hydrogens (tertiary/aromatic N) is 4. The molecule has 0 spiro atoms. The predicted octanol–water partition coefficient (Wildman–Crippen LogP) is 5.04. The fourth-order valence-corrected chi connectivity index (χ4v) is 2.98. The predicted molar refractivity (Wildman–Crippen MR) is 121 cm³/mol. The Bertz CT molecular complexity index is 860. The van der Waals surface area contributed by atoms with Gasteiger partial charge in [0.15, 0.2) is 6.61 Å². The van der Waals surface area contributed by atoms with Crippen molar-refractivity contribution in [3.63, 3.8) is 0 Å². The van der Waals surface area contributed by atoms with Crippen molar-refractivity contribution in [2.75, 3.05) is 13.2 Å². The zero-order valence-electron chi connectivity index (χ0n) is 18.9. The van der Waals surface area contributed by atoms with Gasteiger partial charge in [0, 0.05) is 4.91 Å². The van der Waals surface area contributed by atoms with Crippen molar-refractivity contribution in [3.05, 3.63) is 58.5 Å². The van der Waals surface area contributed by atoms with Gasteiger partial charge in [0.25, 0.3) is 0 Å². The molecule has 0 radical (unpaired) electrons. The number of hydrogen-bond donors (Lipinski definition) is 1. The minimum Gasteiger partial charge on any atom is -0.449 e. The molecule has 1 amide bonds. The van der Waals surface area contributed by atoms with Gasteiger partial charge < -0.3 is 14.8 Å². The van der Waals surface area contributed by atoms with Crippen LogP contribution in [0.5, 0.6) is 0 Å². The van der Waals surface area contributed by atoms with E-state index in [4.69, 9.17) is 20.3 Å². The Balaban J connectivity index is 2.75. The van der Waals surface area contributed by atoms with Gasteiger partial charge in [-0.2, -0.15) is 5.26 Å². The van der Waals surface area contributed by atoms with Crippen LogP contribution in [0, 0.1) is 17.2 Å². The molecule has 1 aliphatic rings. The van der Waals surface area contributed by atoms with Crippen molar-refractivity contribution >= 4 is 12.1 Å². The number of azide groups is 1. The van der Waals surface area contributed by atoms with Crippen LogP contribution in [0.3, 0.4) is 0 Å². The van der Waals surface area contributed by atoms with Gasteiger partial charge in [-0.05, 0) is 49.6 Å². The van der Waals surface area contributed by atoms with Crippen LogP contribution in [-0.2, 0) is 14.3 Å². The maximum absolute atomic E-state index is 12.4. The van der Waals surface area contributed by atoms with E-state index in [0.29, 0.717) is 12.0 Å². The lowest BCUT2D eigenvalue weighted by Crippen LogP contribution is -2.43. The van der Waals surface area contributed by atoms with E-state index in [0.717, 1.165) is 24.8 Å². The molecule has 9 nitrogen and oxygen atoms in total. The van der Waals surface area contributed by atoms with Crippen LogP contribution in [0.2, 0.25) is 0 Å². The van der Waals surface area contributed by atoms with Crippen LogP contribution in [0.4, 0.5) is 4.79 Å². The Kier molecular flexibility index (Phi) is 11.4. The van der Waals surface area contributed by atoms with Gasteiger partial charge in [0.05, 0.1) is 5.54 Å². The highest BCUT2D eigenvalue weighted by molar-refractivity contribution is 5.81. The molecule has 0 fully saturated rings. The SMILES string of the molecule is C=C(/C=C\C(C)(C)N=[N+]=[N-])COC(=O)NC(CC1C/C=C\CCC=C1C)C(=O)OCC#N. The minimum atomic E-state index is -0.954. The molecular formula is C23H31N5O4. The molecule has 9 heteroatoms. The highest BCUT2D eigenvalue weighted by Crippen LogP contribution is 2.25. The smallest absolute Gasteiger partial charge is 0.408 e. The van der Waals surface area contributed by atoms with Crippen LogP contribution in [0.15, 0.2) is 53.2 Å². The second-order valence-electron chi connectivity index (χ2n) is 8.04. The van der Waals surface area contributed by atoms with E-state index in [1.165, 1.54) is 0 Å².